The zero-order valence-corrected chi connectivity index (χ0v) is 11.5. The van der Waals surface area contributed by atoms with Gasteiger partial charge in [0.15, 0.2) is 0 Å². The molecule has 20 heavy (non-hydrogen) atoms. The quantitative estimate of drug-likeness (QED) is 0.857. The summed E-state index contributed by atoms with van der Waals surface area (Å²) in [5, 5.41) is 0. The van der Waals surface area contributed by atoms with Crippen molar-refractivity contribution in [2.75, 3.05) is 12.8 Å². The minimum atomic E-state index is -0.881. The van der Waals surface area contributed by atoms with Crippen LogP contribution in [0.2, 0.25) is 0 Å². The Morgan fingerprint density at radius 3 is 2.60 bits per heavy atom. The first kappa shape index (κ1) is 14.0. The summed E-state index contributed by atoms with van der Waals surface area (Å²) >= 11 is 0. The number of nitrogen functional groups attached to an aromatic ring is 1. The highest BCUT2D eigenvalue weighted by Crippen LogP contribution is 2.32. The van der Waals surface area contributed by atoms with Gasteiger partial charge in [0.05, 0.1) is 12.5 Å². The van der Waals surface area contributed by atoms with Gasteiger partial charge in [-0.15, -0.1) is 0 Å². The van der Waals surface area contributed by atoms with Crippen molar-refractivity contribution >= 4 is 11.8 Å². The van der Waals surface area contributed by atoms with E-state index in [1.54, 1.807) is 30.7 Å². The maximum absolute atomic E-state index is 12.3. The Kier molecular flexibility index (Phi) is 3.98. The first-order valence-corrected chi connectivity index (χ1v) is 6.26. The molecule has 0 saturated carbocycles. The number of carbonyl (C=O) groups excluding carboxylic acids is 1. The van der Waals surface area contributed by atoms with E-state index in [1.807, 2.05) is 19.1 Å². The van der Waals surface area contributed by atoms with Crippen LogP contribution in [0.4, 0.5) is 5.82 Å². The summed E-state index contributed by atoms with van der Waals surface area (Å²) in [7, 11) is 1.37. The third-order valence-corrected chi connectivity index (χ3v) is 3.38. The molecular weight excluding hydrogens is 254 g/mol. The molecule has 5 nitrogen and oxygen atoms in total. The minimum Gasteiger partial charge on any atom is -0.468 e. The van der Waals surface area contributed by atoms with Gasteiger partial charge in [0.2, 0.25) is 0 Å². The summed E-state index contributed by atoms with van der Waals surface area (Å²) in [6, 6.07) is 7.31. The predicted molar refractivity (Wildman–Crippen MR) is 76.0 cm³/mol. The normalized spacial score (nSPS) is 13.5. The third kappa shape index (κ3) is 2.61. The molecule has 0 saturated heterocycles. The Labute approximate surface area is 117 Å². The van der Waals surface area contributed by atoms with Crippen LogP contribution in [0.15, 0.2) is 42.9 Å². The molecule has 1 atom stereocenters. The molecular formula is C15H17N3O2. The maximum atomic E-state index is 12.3. The monoisotopic (exact) mass is 271 g/mol. The minimum absolute atomic E-state index is 0.339. The van der Waals surface area contributed by atoms with Gasteiger partial charge in [-0.2, -0.15) is 0 Å². The van der Waals surface area contributed by atoms with Gasteiger partial charge < -0.3 is 10.5 Å². The molecule has 5 heteroatoms. The second kappa shape index (κ2) is 5.69. The Bertz CT molecular complexity index is 601. The molecule has 0 radical (unpaired) electrons. The molecule has 1 unspecified atom stereocenters. The molecule has 0 aliphatic carbocycles. The number of rotatable bonds is 4. The van der Waals surface area contributed by atoms with Crippen LogP contribution >= 0.6 is 0 Å². The van der Waals surface area contributed by atoms with Crippen molar-refractivity contribution in [2.45, 2.75) is 18.8 Å². The summed E-state index contributed by atoms with van der Waals surface area (Å²) in [5.74, 6) is 0.00321. The molecule has 0 aliphatic heterocycles. The largest absolute Gasteiger partial charge is 0.468 e. The summed E-state index contributed by atoms with van der Waals surface area (Å²) in [4.78, 5) is 20.3. The first-order chi connectivity index (χ1) is 9.58. The number of hydrogen-bond donors (Lipinski definition) is 1. The van der Waals surface area contributed by atoms with Crippen molar-refractivity contribution in [3.63, 3.8) is 0 Å². The number of hydrogen-bond acceptors (Lipinski definition) is 5. The molecule has 0 amide bonds. The van der Waals surface area contributed by atoms with E-state index in [0.29, 0.717) is 17.8 Å². The molecule has 2 rings (SSSR count). The topological polar surface area (TPSA) is 78.1 Å². The van der Waals surface area contributed by atoms with Gasteiger partial charge in [-0.1, -0.05) is 6.07 Å². The number of methoxy groups -OCH3 is 1. The van der Waals surface area contributed by atoms with E-state index in [0.717, 1.165) is 5.56 Å². The number of esters is 1. The summed E-state index contributed by atoms with van der Waals surface area (Å²) < 4.78 is 4.96. The number of aromatic nitrogens is 2. The number of pyridine rings is 2. The highest BCUT2D eigenvalue weighted by atomic mass is 16.5. The molecule has 0 spiro atoms. The van der Waals surface area contributed by atoms with Crippen LogP contribution in [-0.2, 0) is 21.4 Å². The standard InChI is InChI=1S/C15H17N3O2/c1-15(14(19)20-2,10-11-5-8-17-9-6-11)12-4-3-7-18-13(12)16/h3-9H,10H2,1-2H3,(H2,16,18). The number of nitrogens with zero attached hydrogens (tertiary/aromatic N) is 2. The van der Waals surface area contributed by atoms with E-state index < -0.39 is 5.41 Å². The van der Waals surface area contributed by atoms with E-state index in [4.69, 9.17) is 10.5 Å². The second-order valence-corrected chi connectivity index (χ2v) is 4.79. The lowest BCUT2D eigenvalue weighted by Crippen LogP contribution is -2.37. The molecule has 2 aromatic heterocycles. The van der Waals surface area contributed by atoms with Gasteiger partial charge in [-0.3, -0.25) is 9.78 Å². The Morgan fingerprint density at radius 1 is 1.30 bits per heavy atom. The van der Waals surface area contributed by atoms with Crippen molar-refractivity contribution in [1.82, 2.24) is 9.97 Å². The van der Waals surface area contributed by atoms with E-state index in [2.05, 4.69) is 9.97 Å². The van der Waals surface area contributed by atoms with Gasteiger partial charge in [0.1, 0.15) is 5.82 Å². The van der Waals surface area contributed by atoms with Crippen LogP contribution in [0.1, 0.15) is 18.1 Å². The average molecular weight is 271 g/mol. The van der Waals surface area contributed by atoms with Crippen LogP contribution in [0.5, 0.6) is 0 Å². The molecule has 104 valence electrons. The molecule has 0 aliphatic rings. The Morgan fingerprint density at radius 2 is 2.00 bits per heavy atom. The number of carbonyl (C=O) groups is 1. The van der Waals surface area contributed by atoms with E-state index in [-0.39, 0.29) is 5.97 Å². The fraction of sp³-hybridized carbons (Fsp3) is 0.267. The molecule has 0 bridgehead atoms. The SMILES string of the molecule is COC(=O)C(C)(Cc1ccncc1)c1cccnc1N. The highest BCUT2D eigenvalue weighted by Gasteiger charge is 2.38. The fourth-order valence-electron chi connectivity index (χ4n) is 2.30. The zero-order chi connectivity index (χ0) is 14.6. The Balaban J connectivity index is 2.46. The zero-order valence-electron chi connectivity index (χ0n) is 11.5. The van der Waals surface area contributed by atoms with Gasteiger partial charge in [-0.25, -0.2) is 4.98 Å². The lowest BCUT2D eigenvalue weighted by molar-refractivity contribution is -0.146. The number of anilines is 1. The van der Waals surface area contributed by atoms with Crippen molar-refractivity contribution in [3.8, 4) is 0 Å². The van der Waals surface area contributed by atoms with Crippen molar-refractivity contribution in [3.05, 3.63) is 54.0 Å². The second-order valence-electron chi connectivity index (χ2n) is 4.79. The third-order valence-electron chi connectivity index (χ3n) is 3.38. The van der Waals surface area contributed by atoms with Crippen molar-refractivity contribution in [1.29, 1.82) is 0 Å². The molecule has 2 N–H and O–H groups in total. The molecule has 0 fully saturated rings. The summed E-state index contributed by atoms with van der Waals surface area (Å²) in [6.45, 7) is 1.81. The van der Waals surface area contributed by atoms with Crippen LogP contribution < -0.4 is 5.73 Å². The Hall–Kier alpha value is -2.43. The van der Waals surface area contributed by atoms with Gasteiger partial charge >= 0.3 is 5.97 Å². The van der Waals surface area contributed by atoms with E-state index in [1.165, 1.54) is 7.11 Å². The van der Waals surface area contributed by atoms with Crippen LogP contribution in [0.25, 0.3) is 0 Å². The van der Waals surface area contributed by atoms with E-state index in [9.17, 15) is 4.79 Å². The number of ether oxygens (including phenoxy) is 1. The maximum Gasteiger partial charge on any atom is 0.316 e. The fourth-order valence-corrected chi connectivity index (χ4v) is 2.30. The van der Waals surface area contributed by atoms with Crippen molar-refractivity contribution < 1.29 is 9.53 Å². The van der Waals surface area contributed by atoms with Gasteiger partial charge in [0.25, 0.3) is 0 Å². The lowest BCUT2D eigenvalue weighted by Gasteiger charge is -2.28. The van der Waals surface area contributed by atoms with Crippen LogP contribution in [0, 0.1) is 0 Å². The molecule has 2 aromatic rings. The summed E-state index contributed by atoms with van der Waals surface area (Å²) in [5.41, 5.74) is 6.69. The van der Waals surface area contributed by atoms with E-state index >= 15 is 0 Å². The molecule has 0 aromatic carbocycles. The lowest BCUT2D eigenvalue weighted by atomic mass is 9.77. The smallest absolute Gasteiger partial charge is 0.316 e. The highest BCUT2D eigenvalue weighted by molar-refractivity contribution is 5.84. The average Bonchev–Trinajstić information content (AvgIpc) is 2.47. The van der Waals surface area contributed by atoms with Gasteiger partial charge in [-0.05, 0) is 37.1 Å². The number of nitrogens with two attached hydrogens (primary N) is 1. The molecule has 2 heterocycles. The van der Waals surface area contributed by atoms with Gasteiger partial charge in [0, 0.05) is 24.2 Å². The van der Waals surface area contributed by atoms with Crippen molar-refractivity contribution in [2.24, 2.45) is 0 Å². The first-order valence-electron chi connectivity index (χ1n) is 6.26. The summed E-state index contributed by atoms with van der Waals surface area (Å²) in [6.07, 6.45) is 5.46. The van der Waals surface area contributed by atoms with Crippen LogP contribution in [-0.4, -0.2) is 23.0 Å². The van der Waals surface area contributed by atoms with Crippen LogP contribution in [0.3, 0.4) is 0 Å². The predicted octanol–water partition coefficient (Wildman–Crippen LogP) is 1.73.